The number of amides is 2. The van der Waals surface area contributed by atoms with Gasteiger partial charge in [-0.15, -0.1) is 0 Å². The summed E-state index contributed by atoms with van der Waals surface area (Å²) in [4.78, 5) is 30.1. The quantitative estimate of drug-likeness (QED) is 0.314. The molecule has 0 bridgehead atoms. The van der Waals surface area contributed by atoms with Crippen LogP contribution in [0, 0.1) is 12.3 Å². The summed E-state index contributed by atoms with van der Waals surface area (Å²) in [6, 6.07) is 9.52. The normalized spacial score (nSPS) is 11.3. The van der Waals surface area contributed by atoms with Crippen LogP contribution in [0.4, 0.5) is 0 Å². The number of furan rings is 1. The first-order valence-electron chi connectivity index (χ1n) is 13.0. The fourth-order valence-electron chi connectivity index (χ4n) is 3.97. The van der Waals surface area contributed by atoms with E-state index >= 15 is 0 Å². The maximum Gasteiger partial charge on any atom is 0.242 e. The van der Waals surface area contributed by atoms with Gasteiger partial charge < -0.3 is 28.4 Å². The van der Waals surface area contributed by atoms with E-state index in [0.29, 0.717) is 69.4 Å². The molecule has 0 radical (unpaired) electrons. The van der Waals surface area contributed by atoms with Crippen molar-refractivity contribution >= 4 is 11.8 Å². The van der Waals surface area contributed by atoms with Gasteiger partial charge in [-0.1, -0.05) is 26.8 Å². The van der Waals surface area contributed by atoms with Gasteiger partial charge in [-0.05, 0) is 61.9 Å². The molecule has 8 nitrogen and oxygen atoms in total. The fourth-order valence-corrected chi connectivity index (χ4v) is 3.97. The van der Waals surface area contributed by atoms with Crippen LogP contribution in [0.3, 0.4) is 0 Å². The largest absolute Gasteiger partial charge is 0.493 e. The highest BCUT2D eigenvalue weighted by molar-refractivity contribution is 5.85. The first-order chi connectivity index (χ1) is 17.6. The van der Waals surface area contributed by atoms with E-state index in [1.54, 1.807) is 24.0 Å². The number of benzene rings is 1. The number of carbonyl (C=O) groups is 2. The zero-order valence-electron chi connectivity index (χ0n) is 23.6. The predicted octanol–water partition coefficient (Wildman–Crippen LogP) is 4.87. The molecule has 8 heteroatoms. The lowest BCUT2D eigenvalue weighted by Gasteiger charge is -2.29. The maximum atomic E-state index is 13.6. The molecule has 0 fully saturated rings. The molecule has 2 aromatic rings. The van der Waals surface area contributed by atoms with Crippen molar-refractivity contribution < 1.29 is 28.2 Å². The van der Waals surface area contributed by atoms with Crippen molar-refractivity contribution in [2.75, 3.05) is 47.1 Å². The van der Waals surface area contributed by atoms with E-state index < -0.39 is 0 Å². The first-order valence-corrected chi connectivity index (χ1v) is 13.0. The molecular weight excluding hydrogens is 472 g/mol. The molecule has 0 aliphatic carbocycles. The summed E-state index contributed by atoms with van der Waals surface area (Å²) in [6.07, 6.45) is 1.67. The molecule has 0 saturated heterocycles. The topological polar surface area (TPSA) is 81.5 Å². The zero-order valence-corrected chi connectivity index (χ0v) is 23.6. The van der Waals surface area contributed by atoms with E-state index in [4.69, 9.17) is 18.6 Å². The van der Waals surface area contributed by atoms with Gasteiger partial charge in [-0.2, -0.15) is 0 Å². The molecule has 206 valence electrons. The minimum atomic E-state index is -0.170. The van der Waals surface area contributed by atoms with Crippen LogP contribution in [0.1, 0.15) is 57.6 Å². The number of carbonyl (C=O) groups excluding carboxylic acids is 2. The molecule has 2 rings (SSSR count). The summed E-state index contributed by atoms with van der Waals surface area (Å²) in [5.41, 5.74) is 0.848. The second-order valence-electron chi connectivity index (χ2n) is 10.4. The van der Waals surface area contributed by atoms with E-state index in [1.165, 1.54) is 0 Å². The Morgan fingerprint density at radius 2 is 1.68 bits per heavy atom. The van der Waals surface area contributed by atoms with Crippen molar-refractivity contribution in [2.45, 2.75) is 60.4 Å². The smallest absolute Gasteiger partial charge is 0.242 e. The predicted molar refractivity (Wildman–Crippen MR) is 144 cm³/mol. The number of methoxy groups -OCH3 is 2. The van der Waals surface area contributed by atoms with Gasteiger partial charge in [0.2, 0.25) is 11.8 Å². The van der Waals surface area contributed by atoms with E-state index in [2.05, 4.69) is 0 Å². The molecule has 1 aromatic heterocycles. The standard InChI is InChI=1S/C29H44N2O6/c1-8-36-17-9-15-30(27(32)19-29(3,4)5)21-28(33)31(20-24-12-10-22(2)37-24)16-14-23-11-13-25(34-6)26(18-23)35-7/h10-13,18H,8-9,14-17,19-21H2,1-7H3. The van der Waals surface area contributed by atoms with Crippen molar-refractivity contribution in [3.8, 4) is 11.5 Å². The van der Waals surface area contributed by atoms with Crippen LogP contribution in [0.25, 0.3) is 0 Å². The van der Waals surface area contributed by atoms with Crippen molar-refractivity contribution in [2.24, 2.45) is 5.41 Å². The highest BCUT2D eigenvalue weighted by Gasteiger charge is 2.25. The van der Waals surface area contributed by atoms with Gasteiger partial charge in [0.15, 0.2) is 11.5 Å². The third-order valence-corrected chi connectivity index (χ3v) is 5.89. The Kier molecular flexibility index (Phi) is 12.0. The van der Waals surface area contributed by atoms with Crippen LogP contribution in [0.2, 0.25) is 0 Å². The summed E-state index contributed by atoms with van der Waals surface area (Å²) >= 11 is 0. The molecule has 0 atom stereocenters. The summed E-state index contributed by atoms with van der Waals surface area (Å²) in [6.45, 7) is 12.4. The summed E-state index contributed by atoms with van der Waals surface area (Å²) < 4.78 is 22.0. The van der Waals surface area contributed by atoms with E-state index in [0.717, 1.165) is 11.3 Å². The SMILES string of the molecule is CCOCCCN(CC(=O)N(CCc1ccc(OC)c(OC)c1)Cc1ccc(C)o1)C(=O)CC(C)(C)C. The summed E-state index contributed by atoms with van der Waals surface area (Å²) in [5.74, 6) is 2.67. The maximum absolute atomic E-state index is 13.6. The Bertz CT molecular complexity index is 995. The lowest BCUT2D eigenvalue weighted by molar-refractivity contribution is -0.142. The molecule has 0 N–H and O–H groups in total. The second kappa shape index (κ2) is 14.7. The molecule has 1 aromatic carbocycles. The molecule has 0 unspecified atom stereocenters. The van der Waals surface area contributed by atoms with E-state index in [9.17, 15) is 9.59 Å². The zero-order chi connectivity index (χ0) is 27.4. The number of hydrogen-bond donors (Lipinski definition) is 0. The van der Waals surface area contributed by atoms with Crippen LogP contribution in [0.5, 0.6) is 11.5 Å². The molecule has 37 heavy (non-hydrogen) atoms. The second-order valence-corrected chi connectivity index (χ2v) is 10.4. The molecular formula is C29H44N2O6. The fraction of sp³-hybridized carbons (Fsp3) is 0.586. The Morgan fingerprint density at radius 1 is 0.946 bits per heavy atom. The van der Waals surface area contributed by atoms with Gasteiger partial charge in [0.05, 0.1) is 27.3 Å². The van der Waals surface area contributed by atoms with Gasteiger partial charge in [0.25, 0.3) is 0 Å². The van der Waals surface area contributed by atoms with Crippen LogP contribution >= 0.6 is 0 Å². The third kappa shape index (κ3) is 10.5. The van der Waals surface area contributed by atoms with Crippen molar-refractivity contribution in [1.82, 2.24) is 9.80 Å². The Labute approximate surface area is 221 Å². The van der Waals surface area contributed by atoms with Gasteiger partial charge in [0, 0.05) is 32.7 Å². The number of hydrogen-bond acceptors (Lipinski definition) is 6. The van der Waals surface area contributed by atoms with Gasteiger partial charge in [-0.3, -0.25) is 9.59 Å². The Hall–Kier alpha value is -3.00. The minimum absolute atomic E-state index is 0.0205. The van der Waals surface area contributed by atoms with Gasteiger partial charge in [0.1, 0.15) is 11.5 Å². The molecule has 1 heterocycles. The van der Waals surface area contributed by atoms with Crippen LogP contribution in [-0.4, -0.2) is 68.7 Å². The molecule has 0 aliphatic heterocycles. The third-order valence-electron chi connectivity index (χ3n) is 5.89. The van der Waals surface area contributed by atoms with E-state index in [1.807, 2.05) is 65.0 Å². The molecule has 2 amide bonds. The summed E-state index contributed by atoms with van der Waals surface area (Å²) in [7, 11) is 3.20. The van der Waals surface area contributed by atoms with Crippen LogP contribution in [-0.2, 0) is 27.3 Å². The molecule has 0 spiro atoms. The lowest BCUT2D eigenvalue weighted by atomic mass is 9.91. The Balaban J connectivity index is 2.19. The molecule has 0 saturated carbocycles. The highest BCUT2D eigenvalue weighted by Crippen LogP contribution is 2.28. The van der Waals surface area contributed by atoms with E-state index in [-0.39, 0.29) is 23.8 Å². The molecule has 0 aliphatic rings. The Morgan fingerprint density at radius 3 is 2.27 bits per heavy atom. The number of rotatable bonds is 15. The average Bonchev–Trinajstić information content (AvgIpc) is 3.26. The van der Waals surface area contributed by atoms with Gasteiger partial charge >= 0.3 is 0 Å². The first kappa shape index (κ1) is 30.2. The van der Waals surface area contributed by atoms with Crippen LogP contribution in [0.15, 0.2) is 34.7 Å². The number of aryl methyl sites for hydroxylation is 1. The summed E-state index contributed by atoms with van der Waals surface area (Å²) in [5, 5.41) is 0. The van der Waals surface area contributed by atoms with Gasteiger partial charge in [-0.25, -0.2) is 0 Å². The van der Waals surface area contributed by atoms with Crippen molar-refractivity contribution in [3.63, 3.8) is 0 Å². The minimum Gasteiger partial charge on any atom is -0.493 e. The van der Waals surface area contributed by atoms with Crippen molar-refractivity contribution in [1.29, 1.82) is 0 Å². The van der Waals surface area contributed by atoms with Crippen LogP contribution < -0.4 is 9.47 Å². The van der Waals surface area contributed by atoms with Crippen molar-refractivity contribution in [3.05, 3.63) is 47.4 Å². The number of nitrogens with zero attached hydrogens (tertiary/aromatic N) is 2. The number of ether oxygens (including phenoxy) is 3. The highest BCUT2D eigenvalue weighted by atomic mass is 16.5. The lowest BCUT2D eigenvalue weighted by Crippen LogP contribution is -2.44. The average molecular weight is 517 g/mol. The monoisotopic (exact) mass is 516 g/mol.